The Morgan fingerprint density at radius 1 is 1.26 bits per heavy atom. The number of hydrogen-bond donors (Lipinski definition) is 1. The first-order valence-corrected chi connectivity index (χ1v) is 9.44. The van der Waals surface area contributed by atoms with Crippen molar-refractivity contribution in [2.45, 2.75) is 37.8 Å². The van der Waals surface area contributed by atoms with E-state index < -0.39 is 29.4 Å². The average Bonchev–Trinajstić information content (AvgIpc) is 3.08. The Morgan fingerprint density at radius 2 is 2.00 bits per heavy atom. The molecule has 1 aliphatic rings. The molecular formula is C20H17F5N4O2. The van der Waals surface area contributed by atoms with Gasteiger partial charge in [0.1, 0.15) is 28.5 Å². The molecule has 31 heavy (non-hydrogen) atoms. The Bertz CT molecular complexity index is 1130. The Kier molecular flexibility index (Phi) is 5.06. The molecule has 1 saturated carbocycles. The van der Waals surface area contributed by atoms with Crippen molar-refractivity contribution in [3.63, 3.8) is 0 Å². The van der Waals surface area contributed by atoms with Crippen LogP contribution in [0.5, 0.6) is 5.75 Å². The number of imidazole rings is 1. The summed E-state index contributed by atoms with van der Waals surface area (Å²) in [6, 6.07) is 4.55. The largest absolute Gasteiger partial charge is 0.491 e. The van der Waals surface area contributed by atoms with E-state index in [1.54, 1.807) is 17.5 Å². The molecular weight excluding hydrogens is 423 g/mol. The third kappa shape index (κ3) is 4.30. The predicted octanol–water partition coefficient (Wildman–Crippen LogP) is 4.91. The molecule has 3 aromatic heterocycles. The van der Waals surface area contributed by atoms with Crippen LogP contribution in [-0.2, 0) is 6.18 Å². The van der Waals surface area contributed by atoms with E-state index in [2.05, 4.69) is 15.3 Å². The Labute approximate surface area is 173 Å². The van der Waals surface area contributed by atoms with E-state index in [0.29, 0.717) is 11.3 Å². The van der Waals surface area contributed by atoms with Gasteiger partial charge in [0.05, 0.1) is 12.3 Å². The summed E-state index contributed by atoms with van der Waals surface area (Å²) in [5.74, 6) is -3.66. The number of nitrogens with zero attached hydrogens (tertiary/aromatic N) is 3. The maximum Gasteiger partial charge on any atom is 0.433 e. The van der Waals surface area contributed by atoms with Crippen LogP contribution in [0.1, 0.15) is 47.6 Å². The van der Waals surface area contributed by atoms with Gasteiger partial charge in [0.25, 0.3) is 5.91 Å². The van der Waals surface area contributed by atoms with Gasteiger partial charge in [-0.15, -0.1) is 0 Å². The zero-order valence-corrected chi connectivity index (χ0v) is 16.2. The van der Waals surface area contributed by atoms with E-state index in [9.17, 15) is 26.7 Å². The summed E-state index contributed by atoms with van der Waals surface area (Å²) in [7, 11) is 0. The lowest BCUT2D eigenvalue weighted by molar-refractivity contribution is -0.141. The van der Waals surface area contributed by atoms with Crippen molar-refractivity contribution in [2.24, 2.45) is 0 Å². The van der Waals surface area contributed by atoms with Gasteiger partial charge in [0.15, 0.2) is 0 Å². The lowest BCUT2D eigenvalue weighted by Gasteiger charge is -2.33. The summed E-state index contributed by atoms with van der Waals surface area (Å²) < 4.78 is 72.1. The first-order valence-electron chi connectivity index (χ1n) is 9.44. The molecule has 11 heteroatoms. The summed E-state index contributed by atoms with van der Waals surface area (Å²) in [6.45, 7) is 1.97. The van der Waals surface area contributed by atoms with Crippen molar-refractivity contribution in [2.75, 3.05) is 11.9 Å². The number of alkyl halides is 5. The molecule has 0 radical (unpaired) electrons. The van der Waals surface area contributed by atoms with Gasteiger partial charge in [-0.2, -0.15) is 13.2 Å². The van der Waals surface area contributed by atoms with Crippen LogP contribution < -0.4 is 10.1 Å². The number of rotatable bonds is 5. The molecule has 0 aliphatic heterocycles. The lowest BCUT2D eigenvalue weighted by atomic mass is 9.79. The van der Waals surface area contributed by atoms with Crippen LogP contribution >= 0.6 is 0 Å². The standard InChI is InChI=1S/C20H17F5N4O2/c1-2-31-15-6-17-27-13(11-7-19(21,22)8-11)9-29(17)10-14(15)28-18(30)12-4-3-5-16(26-12)20(23,24)25/h3-6,9-11H,2,7-8H2,1H3,(H,28,30). The van der Waals surface area contributed by atoms with Gasteiger partial charge >= 0.3 is 6.18 Å². The Balaban J connectivity index is 1.63. The highest BCUT2D eigenvalue weighted by molar-refractivity contribution is 6.03. The number of carbonyl (C=O) groups excluding carboxylic acids is 1. The number of carbonyl (C=O) groups is 1. The number of ether oxygens (including phenoxy) is 1. The normalized spacial score (nSPS) is 16.2. The van der Waals surface area contributed by atoms with Gasteiger partial charge in [-0.3, -0.25) is 4.79 Å². The molecule has 3 aromatic rings. The topological polar surface area (TPSA) is 68.5 Å². The van der Waals surface area contributed by atoms with Crippen LogP contribution in [0.3, 0.4) is 0 Å². The highest BCUT2D eigenvalue weighted by Gasteiger charge is 2.46. The molecule has 0 bridgehead atoms. The second-order valence-electron chi connectivity index (χ2n) is 7.24. The van der Waals surface area contributed by atoms with Crippen LogP contribution in [0, 0.1) is 0 Å². The van der Waals surface area contributed by atoms with Crippen molar-refractivity contribution in [3.05, 3.63) is 53.7 Å². The third-order valence-corrected chi connectivity index (χ3v) is 4.90. The Hall–Kier alpha value is -3.24. The van der Waals surface area contributed by atoms with Crippen molar-refractivity contribution in [3.8, 4) is 5.75 Å². The van der Waals surface area contributed by atoms with E-state index in [0.717, 1.165) is 18.2 Å². The molecule has 0 spiro atoms. The summed E-state index contributed by atoms with van der Waals surface area (Å²) in [5.41, 5.74) is -0.487. The van der Waals surface area contributed by atoms with E-state index in [4.69, 9.17) is 4.74 Å². The van der Waals surface area contributed by atoms with Crippen LogP contribution in [-0.4, -0.2) is 32.8 Å². The summed E-state index contributed by atoms with van der Waals surface area (Å²) in [6.07, 6.45) is -2.18. The fourth-order valence-corrected chi connectivity index (χ4v) is 3.38. The van der Waals surface area contributed by atoms with Crippen LogP contribution in [0.25, 0.3) is 5.65 Å². The SMILES string of the molecule is CCOc1cc2nc(C3CC(F)(F)C3)cn2cc1NC(=O)c1cccc(C(F)(F)F)n1. The molecule has 0 atom stereocenters. The third-order valence-electron chi connectivity index (χ3n) is 4.90. The molecule has 1 N–H and O–H groups in total. The molecule has 0 saturated heterocycles. The summed E-state index contributed by atoms with van der Waals surface area (Å²) in [5, 5.41) is 2.50. The number of fused-ring (bicyclic) bond motifs is 1. The predicted molar refractivity (Wildman–Crippen MR) is 100 cm³/mol. The van der Waals surface area contributed by atoms with Crippen LogP contribution in [0.15, 0.2) is 36.7 Å². The molecule has 164 valence electrons. The number of aromatic nitrogens is 3. The highest BCUT2D eigenvalue weighted by atomic mass is 19.4. The van der Waals surface area contributed by atoms with Gasteiger partial charge in [-0.1, -0.05) is 6.07 Å². The average molecular weight is 440 g/mol. The zero-order valence-electron chi connectivity index (χ0n) is 16.2. The second-order valence-corrected chi connectivity index (χ2v) is 7.24. The fourth-order valence-electron chi connectivity index (χ4n) is 3.38. The van der Waals surface area contributed by atoms with E-state index in [1.165, 1.54) is 12.3 Å². The maximum atomic E-state index is 13.2. The van der Waals surface area contributed by atoms with Gasteiger partial charge in [0.2, 0.25) is 5.92 Å². The quantitative estimate of drug-likeness (QED) is 0.573. The van der Waals surface area contributed by atoms with Gasteiger partial charge in [-0.05, 0) is 19.1 Å². The molecule has 1 amide bonds. The molecule has 3 heterocycles. The monoisotopic (exact) mass is 440 g/mol. The first kappa shape index (κ1) is 21.0. The smallest absolute Gasteiger partial charge is 0.433 e. The first-order chi connectivity index (χ1) is 14.6. The number of pyridine rings is 2. The minimum Gasteiger partial charge on any atom is -0.491 e. The molecule has 6 nitrogen and oxygen atoms in total. The highest BCUT2D eigenvalue weighted by Crippen LogP contribution is 2.48. The fraction of sp³-hybridized carbons (Fsp3) is 0.350. The Morgan fingerprint density at radius 3 is 2.65 bits per heavy atom. The van der Waals surface area contributed by atoms with Crippen molar-refractivity contribution >= 4 is 17.2 Å². The number of hydrogen-bond acceptors (Lipinski definition) is 4. The summed E-state index contributed by atoms with van der Waals surface area (Å²) >= 11 is 0. The van der Waals surface area contributed by atoms with Crippen molar-refractivity contribution in [1.29, 1.82) is 0 Å². The molecule has 1 fully saturated rings. The van der Waals surface area contributed by atoms with E-state index >= 15 is 0 Å². The molecule has 1 aliphatic carbocycles. The maximum absolute atomic E-state index is 13.2. The lowest BCUT2D eigenvalue weighted by Crippen LogP contribution is -2.33. The minimum atomic E-state index is -4.68. The van der Waals surface area contributed by atoms with Gasteiger partial charge in [-0.25, -0.2) is 18.7 Å². The van der Waals surface area contributed by atoms with Crippen LogP contribution in [0.2, 0.25) is 0 Å². The van der Waals surface area contributed by atoms with E-state index in [-0.39, 0.29) is 36.8 Å². The number of anilines is 1. The second kappa shape index (κ2) is 7.47. The number of nitrogens with one attached hydrogen (secondary N) is 1. The number of halogens is 5. The van der Waals surface area contributed by atoms with E-state index in [1.807, 2.05) is 0 Å². The van der Waals surface area contributed by atoms with Gasteiger partial charge < -0.3 is 14.5 Å². The summed E-state index contributed by atoms with van der Waals surface area (Å²) in [4.78, 5) is 20.3. The molecule has 0 unspecified atom stereocenters. The van der Waals surface area contributed by atoms with Crippen LogP contribution in [0.4, 0.5) is 27.6 Å². The van der Waals surface area contributed by atoms with Gasteiger partial charge in [0, 0.05) is 37.2 Å². The number of amides is 1. The zero-order chi connectivity index (χ0) is 22.4. The van der Waals surface area contributed by atoms with Crippen molar-refractivity contribution in [1.82, 2.24) is 14.4 Å². The molecule has 4 rings (SSSR count). The minimum absolute atomic E-state index is 0.182. The van der Waals surface area contributed by atoms with Crippen molar-refractivity contribution < 1.29 is 31.5 Å². The molecule has 0 aromatic carbocycles.